The largest absolute Gasteiger partial charge is 0.378 e. The fourth-order valence-electron chi connectivity index (χ4n) is 3.40. The second-order valence-corrected chi connectivity index (χ2v) is 6.66. The van der Waals surface area contributed by atoms with Gasteiger partial charge in [0.15, 0.2) is 0 Å². The predicted octanol–water partition coefficient (Wildman–Crippen LogP) is 4.56. The summed E-state index contributed by atoms with van der Waals surface area (Å²) in [7, 11) is 4.13. The third kappa shape index (κ3) is 3.11. The maximum atomic E-state index is 3.77. The number of hydrogen-bond acceptors (Lipinski definition) is 3. The van der Waals surface area contributed by atoms with Gasteiger partial charge in [0, 0.05) is 25.5 Å². The second kappa shape index (κ2) is 6.61. The average molecular weight is 329 g/mol. The normalized spacial score (nSPS) is 19.0. The molecule has 0 aromatic heterocycles. The van der Waals surface area contributed by atoms with E-state index in [1.807, 2.05) is 0 Å². The summed E-state index contributed by atoms with van der Waals surface area (Å²) in [6.45, 7) is 0. The van der Waals surface area contributed by atoms with Crippen molar-refractivity contribution >= 4 is 11.4 Å². The molecule has 2 N–H and O–H groups in total. The van der Waals surface area contributed by atoms with Crippen LogP contribution in [0.15, 0.2) is 78.9 Å². The standard InChI is InChI=1S/C22H23N3/c1-25(2)18-14-12-17(13-15-18)22-23-20-11-7-6-10-19(20)21(24-22)16-8-4-3-5-9-16/h3-15,21-24H,1-2H3/t21-,22-/m1/s1. The molecule has 126 valence electrons. The first-order chi connectivity index (χ1) is 12.2. The third-order valence-corrected chi connectivity index (χ3v) is 4.78. The summed E-state index contributed by atoms with van der Waals surface area (Å²) in [6.07, 6.45) is 0.0799. The zero-order valence-electron chi connectivity index (χ0n) is 14.6. The van der Waals surface area contributed by atoms with Crippen molar-refractivity contribution < 1.29 is 0 Å². The smallest absolute Gasteiger partial charge is 0.104 e. The first-order valence-corrected chi connectivity index (χ1v) is 8.66. The molecule has 2 atom stereocenters. The van der Waals surface area contributed by atoms with E-state index >= 15 is 0 Å². The summed E-state index contributed by atoms with van der Waals surface area (Å²) in [4.78, 5) is 2.12. The molecule has 0 aliphatic carbocycles. The Hall–Kier alpha value is -2.78. The predicted molar refractivity (Wildman–Crippen MR) is 105 cm³/mol. The number of anilines is 2. The van der Waals surface area contributed by atoms with E-state index in [1.165, 1.54) is 28.1 Å². The van der Waals surface area contributed by atoms with Gasteiger partial charge in [0.25, 0.3) is 0 Å². The fourth-order valence-corrected chi connectivity index (χ4v) is 3.40. The Balaban J connectivity index is 1.70. The van der Waals surface area contributed by atoms with Gasteiger partial charge in [-0.05, 0) is 34.9 Å². The van der Waals surface area contributed by atoms with Crippen LogP contribution in [0, 0.1) is 0 Å². The second-order valence-electron chi connectivity index (χ2n) is 6.66. The number of hydrogen-bond donors (Lipinski definition) is 2. The van der Waals surface area contributed by atoms with Crippen LogP contribution in [0.4, 0.5) is 11.4 Å². The SMILES string of the molecule is CN(C)c1ccc([C@@H]2Nc3ccccc3[C@@H](c3ccccc3)N2)cc1. The van der Waals surface area contributed by atoms with Gasteiger partial charge in [0.05, 0.1) is 6.04 Å². The lowest BCUT2D eigenvalue weighted by atomic mass is 9.93. The molecular weight excluding hydrogens is 306 g/mol. The summed E-state index contributed by atoms with van der Waals surface area (Å²) in [5.74, 6) is 0. The molecule has 0 spiro atoms. The van der Waals surface area contributed by atoms with E-state index in [0.717, 1.165) is 0 Å². The van der Waals surface area contributed by atoms with Crippen LogP contribution in [0.2, 0.25) is 0 Å². The molecule has 0 radical (unpaired) electrons. The van der Waals surface area contributed by atoms with Crippen LogP contribution in [0.25, 0.3) is 0 Å². The number of benzene rings is 3. The molecule has 0 saturated carbocycles. The number of nitrogens with one attached hydrogen (secondary N) is 2. The van der Waals surface area contributed by atoms with Gasteiger partial charge in [0.2, 0.25) is 0 Å². The van der Waals surface area contributed by atoms with Crippen molar-refractivity contribution in [2.45, 2.75) is 12.2 Å². The third-order valence-electron chi connectivity index (χ3n) is 4.78. The molecule has 4 rings (SSSR count). The average Bonchev–Trinajstić information content (AvgIpc) is 2.68. The topological polar surface area (TPSA) is 27.3 Å². The zero-order chi connectivity index (χ0) is 17.2. The minimum absolute atomic E-state index is 0.0799. The van der Waals surface area contributed by atoms with E-state index in [4.69, 9.17) is 0 Å². The lowest BCUT2D eigenvalue weighted by Crippen LogP contribution is -2.37. The van der Waals surface area contributed by atoms with E-state index in [2.05, 4.69) is 108 Å². The van der Waals surface area contributed by atoms with Crippen molar-refractivity contribution in [3.8, 4) is 0 Å². The number of para-hydroxylation sites is 1. The van der Waals surface area contributed by atoms with E-state index in [-0.39, 0.29) is 12.2 Å². The number of rotatable bonds is 3. The van der Waals surface area contributed by atoms with Crippen LogP contribution in [0.1, 0.15) is 28.9 Å². The van der Waals surface area contributed by atoms with Gasteiger partial charge in [-0.2, -0.15) is 0 Å². The highest BCUT2D eigenvalue weighted by Gasteiger charge is 2.27. The molecule has 0 unspecified atom stereocenters. The van der Waals surface area contributed by atoms with Crippen LogP contribution >= 0.6 is 0 Å². The van der Waals surface area contributed by atoms with Crippen LogP contribution in [0.3, 0.4) is 0 Å². The molecule has 3 heteroatoms. The van der Waals surface area contributed by atoms with Crippen molar-refractivity contribution in [3.63, 3.8) is 0 Å². The summed E-state index contributed by atoms with van der Waals surface area (Å²) in [5, 5.41) is 7.40. The minimum Gasteiger partial charge on any atom is -0.378 e. The van der Waals surface area contributed by atoms with Crippen LogP contribution in [-0.4, -0.2) is 14.1 Å². The van der Waals surface area contributed by atoms with E-state index in [0.29, 0.717) is 0 Å². The zero-order valence-corrected chi connectivity index (χ0v) is 14.6. The van der Waals surface area contributed by atoms with Crippen molar-refractivity contribution in [2.75, 3.05) is 24.3 Å². The summed E-state index contributed by atoms with van der Waals surface area (Å²) in [6, 6.07) is 28.1. The summed E-state index contributed by atoms with van der Waals surface area (Å²) in [5.41, 5.74) is 6.21. The van der Waals surface area contributed by atoms with Crippen LogP contribution < -0.4 is 15.5 Å². The van der Waals surface area contributed by atoms with Gasteiger partial charge in [-0.3, -0.25) is 5.32 Å². The van der Waals surface area contributed by atoms with Crippen LogP contribution in [-0.2, 0) is 0 Å². The monoisotopic (exact) mass is 329 g/mol. The molecule has 0 amide bonds. The Morgan fingerprint density at radius 2 is 1.40 bits per heavy atom. The highest BCUT2D eigenvalue weighted by Crippen LogP contribution is 2.36. The van der Waals surface area contributed by atoms with Gasteiger partial charge in [-0.25, -0.2) is 0 Å². The Labute approximate surface area is 149 Å². The number of nitrogens with zero attached hydrogens (tertiary/aromatic N) is 1. The maximum Gasteiger partial charge on any atom is 0.104 e. The molecule has 3 nitrogen and oxygen atoms in total. The van der Waals surface area contributed by atoms with Crippen LogP contribution in [0.5, 0.6) is 0 Å². The van der Waals surface area contributed by atoms with E-state index in [9.17, 15) is 0 Å². The molecule has 0 saturated heterocycles. The molecule has 0 fully saturated rings. The first-order valence-electron chi connectivity index (χ1n) is 8.66. The van der Waals surface area contributed by atoms with Gasteiger partial charge < -0.3 is 10.2 Å². The minimum atomic E-state index is 0.0799. The fraction of sp³-hybridized carbons (Fsp3) is 0.182. The lowest BCUT2D eigenvalue weighted by Gasteiger charge is -2.35. The molecular formula is C22H23N3. The Bertz CT molecular complexity index is 841. The maximum absolute atomic E-state index is 3.77. The van der Waals surface area contributed by atoms with E-state index < -0.39 is 0 Å². The van der Waals surface area contributed by atoms with Gasteiger partial charge >= 0.3 is 0 Å². The summed E-state index contributed by atoms with van der Waals surface area (Å²) < 4.78 is 0. The number of fused-ring (bicyclic) bond motifs is 1. The molecule has 3 aromatic rings. The van der Waals surface area contributed by atoms with Crippen molar-refractivity contribution in [1.82, 2.24) is 5.32 Å². The molecule has 1 aliphatic rings. The van der Waals surface area contributed by atoms with Crippen molar-refractivity contribution in [3.05, 3.63) is 95.6 Å². The Morgan fingerprint density at radius 1 is 0.720 bits per heavy atom. The Morgan fingerprint density at radius 3 is 2.12 bits per heavy atom. The highest BCUT2D eigenvalue weighted by molar-refractivity contribution is 5.59. The van der Waals surface area contributed by atoms with Gasteiger partial charge in [0.1, 0.15) is 6.17 Å². The summed E-state index contributed by atoms with van der Waals surface area (Å²) >= 11 is 0. The molecule has 1 heterocycles. The molecule has 25 heavy (non-hydrogen) atoms. The highest BCUT2D eigenvalue weighted by atomic mass is 15.2. The van der Waals surface area contributed by atoms with E-state index in [1.54, 1.807) is 0 Å². The molecule has 0 bridgehead atoms. The molecule has 3 aromatic carbocycles. The first kappa shape index (κ1) is 15.7. The quantitative estimate of drug-likeness (QED) is 0.738. The lowest BCUT2D eigenvalue weighted by molar-refractivity contribution is 0.506. The Kier molecular flexibility index (Phi) is 4.16. The van der Waals surface area contributed by atoms with Crippen molar-refractivity contribution in [1.29, 1.82) is 0 Å². The molecule has 1 aliphatic heterocycles. The van der Waals surface area contributed by atoms with Crippen molar-refractivity contribution in [2.24, 2.45) is 0 Å². The van der Waals surface area contributed by atoms with Gasteiger partial charge in [-0.1, -0.05) is 60.7 Å². The van der Waals surface area contributed by atoms with Gasteiger partial charge in [-0.15, -0.1) is 0 Å².